The number of hydrogen-bond acceptors (Lipinski definition) is 0. The molecule has 0 fully saturated rings. The fraction of sp³-hybridized carbons (Fsp3) is 0.286. The van der Waals surface area contributed by atoms with E-state index in [2.05, 4.69) is 0 Å². The summed E-state index contributed by atoms with van der Waals surface area (Å²) >= 11 is 0. The average molecular weight is 144 g/mol. The van der Waals surface area contributed by atoms with Crippen LogP contribution in [0.5, 0.6) is 0 Å². The lowest BCUT2D eigenvalue weighted by molar-refractivity contribution is 0.835. The summed E-state index contributed by atoms with van der Waals surface area (Å²) < 4.78 is 12.8. The minimum atomic E-state index is -1.45. The third-order valence-corrected chi connectivity index (χ3v) is 3.52. The Balaban J connectivity index is 3.18. The van der Waals surface area contributed by atoms with Gasteiger partial charge >= 0.3 is 0 Å². The average Bonchev–Trinajstić information content (AvgIpc) is 1.77. The first-order valence-corrected chi connectivity index (χ1v) is 5.61. The van der Waals surface area contributed by atoms with Crippen LogP contribution in [-0.2, 0) is 0 Å². The predicted molar refractivity (Wildman–Crippen MR) is 43.2 cm³/mol. The summed E-state index contributed by atoms with van der Waals surface area (Å²) in [6.45, 7) is 2.48. The molecule has 50 valence electrons. The third kappa shape index (κ3) is 1.34. The van der Waals surface area contributed by atoms with Crippen molar-refractivity contribution in [3.05, 3.63) is 24.0 Å². The number of hydrogen-bond donors (Lipinski definition) is 0. The van der Waals surface area contributed by atoms with Crippen LogP contribution in [0.25, 0.3) is 0 Å². The fourth-order valence-corrected chi connectivity index (χ4v) is 1.81. The zero-order valence-corrected chi connectivity index (χ0v) is 6.53. The summed E-state index contributed by atoms with van der Waals surface area (Å²) in [5.41, 5.74) is 0.0463. The summed E-state index contributed by atoms with van der Waals surface area (Å²) in [7, 11) is 0. The Morgan fingerprint density at radius 3 is 2.33 bits per heavy atom. The van der Waals surface area contributed by atoms with Gasteiger partial charge < -0.3 is 0 Å². The normalized spacial score (nSPS) is 22.8. The highest BCUT2D eigenvalue weighted by Crippen LogP contribution is 2.44. The van der Waals surface area contributed by atoms with E-state index in [-0.39, 0.29) is 5.55 Å². The molecule has 0 saturated carbocycles. The van der Waals surface area contributed by atoms with Gasteiger partial charge in [0.1, 0.15) is 5.55 Å². The molecule has 0 aromatic carbocycles. The summed E-state index contributed by atoms with van der Waals surface area (Å²) in [6.07, 6.45) is 5.20. The van der Waals surface area contributed by atoms with E-state index in [1.54, 1.807) is 12.2 Å². The monoisotopic (exact) mass is 144 g/mol. The van der Waals surface area contributed by atoms with E-state index in [1.807, 2.05) is 25.2 Å². The second-order valence-corrected chi connectivity index (χ2v) is 6.37. The molecule has 1 rings (SSSR count). The molecule has 0 amide bonds. The minimum absolute atomic E-state index is 0.0463. The van der Waals surface area contributed by atoms with Gasteiger partial charge in [0, 0.05) is 0 Å². The molecular weight excluding hydrogens is 134 g/mol. The van der Waals surface area contributed by atoms with Crippen molar-refractivity contribution < 1.29 is 4.39 Å². The van der Waals surface area contributed by atoms with Crippen LogP contribution >= 0.6 is 6.89 Å². The van der Waals surface area contributed by atoms with Crippen LogP contribution in [0.2, 0.25) is 0 Å². The van der Waals surface area contributed by atoms with Gasteiger partial charge in [0.05, 0.1) is 0 Å². The van der Waals surface area contributed by atoms with E-state index in [0.717, 1.165) is 0 Å². The van der Waals surface area contributed by atoms with Crippen molar-refractivity contribution in [1.29, 1.82) is 0 Å². The first-order valence-electron chi connectivity index (χ1n) is 2.85. The Morgan fingerprint density at radius 1 is 1.33 bits per heavy atom. The molecule has 0 spiro atoms. The highest BCUT2D eigenvalue weighted by atomic mass is 31.2. The molecule has 0 unspecified atom stereocenters. The lowest BCUT2D eigenvalue weighted by Crippen LogP contribution is -1.89. The topological polar surface area (TPSA) is 0 Å². The van der Waals surface area contributed by atoms with E-state index in [0.29, 0.717) is 0 Å². The maximum absolute atomic E-state index is 12.8. The van der Waals surface area contributed by atoms with Gasteiger partial charge in [-0.15, -0.1) is 0 Å². The minimum Gasteiger partial charge on any atom is -0.207 e. The van der Waals surface area contributed by atoms with E-state index >= 15 is 0 Å². The summed E-state index contributed by atoms with van der Waals surface area (Å²) in [6, 6.07) is 0. The molecule has 0 nitrogen and oxygen atoms in total. The van der Waals surface area contributed by atoms with Gasteiger partial charge in [-0.05, 0) is 19.4 Å². The van der Waals surface area contributed by atoms with Gasteiger partial charge in [0.25, 0.3) is 0 Å². The molecule has 0 aromatic heterocycles. The maximum Gasteiger partial charge on any atom is 0.121 e. The van der Waals surface area contributed by atoms with Crippen LogP contribution in [0.3, 0.4) is 0 Å². The Morgan fingerprint density at radius 2 is 2.00 bits per heavy atom. The quantitative estimate of drug-likeness (QED) is 0.458. The van der Waals surface area contributed by atoms with E-state index < -0.39 is 6.89 Å². The van der Waals surface area contributed by atoms with Crippen LogP contribution < -0.4 is 0 Å². The van der Waals surface area contributed by atoms with Crippen molar-refractivity contribution in [2.75, 3.05) is 13.3 Å². The highest BCUT2D eigenvalue weighted by molar-refractivity contribution is 7.77. The van der Waals surface area contributed by atoms with E-state index in [4.69, 9.17) is 0 Å². The van der Waals surface area contributed by atoms with Crippen LogP contribution in [0.4, 0.5) is 4.39 Å². The van der Waals surface area contributed by atoms with Crippen molar-refractivity contribution in [3.63, 3.8) is 0 Å². The number of halogens is 1. The summed E-state index contributed by atoms with van der Waals surface area (Å²) in [4.78, 5) is 0. The van der Waals surface area contributed by atoms with Crippen LogP contribution in [0.1, 0.15) is 0 Å². The lowest BCUT2D eigenvalue weighted by atomic mass is 10.5. The van der Waals surface area contributed by atoms with E-state index in [1.165, 1.54) is 0 Å². The summed E-state index contributed by atoms with van der Waals surface area (Å²) in [5.74, 6) is 1.96. The van der Waals surface area contributed by atoms with Gasteiger partial charge in [-0.2, -0.15) is 0 Å². The SMILES string of the molecule is CP1(C)=C(F)C=CC=C1. The van der Waals surface area contributed by atoms with Crippen LogP contribution in [0.15, 0.2) is 24.0 Å². The summed E-state index contributed by atoms with van der Waals surface area (Å²) in [5, 5.41) is 0. The maximum atomic E-state index is 12.8. The van der Waals surface area contributed by atoms with Crippen molar-refractivity contribution >= 4 is 12.4 Å². The molecule has 1 aliphatic heterocycles. The molecule has 0 aromatic rings. The standard InChI is InChI=1S/C7H10FP/c1-9(2)6-4-3-5-7(9)8/h3-6H,1-2H3. The molecule has 1 aliphatic rings. The molecule has 1 heterocycles. The Bertz CT molecular complexity index is 217. The van der Waals surface area contributed by atoms with Crippen molar-refractivity contribution in [1.82, 2.24) is 0 Å². The number of allylic oxidation sites excluding steroid dienone is 3. The van der Waals surface area contributed by atoms with Crippen LogP contribution in [-0.4, -0.2) is 18.9 Å². The first-order chi connectivity index (χ1) is 4.13. The zero-order chi connectivity index (χ0) is 6.91. The lowest BCUT2D eigenvalue weighted by Gasteiger charge is -2.11. The second kappa shape index (κ2) is 2.15. The van der Waals surface area contributed by atoms with E-state index in [9.17, 15) is 4.39 Å². The molecule has 0 radical (unpaired) electrons. The second-order valence-electron chi connectivity index (χ2n) is 2.56. The molecule has 2 heteroatoms. The smallest absolute Gasteiger partial charge is 0.121 e. The zero-order valence-electron chi connectivity index (χ0n) is 5.63. The van der Waals surface area contributed by atoms with Crippen molar-refractivity contribution in [2.24, 2.45) is 0 Å². The van der Waals surface area contributed by atoms with Gasteiger partial charge in [-0.25, -0.2) is 4.39 Å². The first kappa shape index (κ1) is 6.82. The third-order valence-electron chi connectivity index (χ3n) is 1.35. The Hall–Kier alpha value is -0.290. The largest absolute Gasteiger partial charge is 0.207 e. The van der Waals surface area contributed by atoms with Crippen molar-refractivity contribution in [3.8, 4) is 0 Å². The molecule has 0 N–H and O–H groups in total. The van der Waals surface area contributed by atoms with Gasteiger partial charge in [0.15, 0.2) is 0 Å². The molecule has 0 atom stereocenters. The molecule has 0 aliphatic carbocycles. The highest BCUT2D eigenvalue weighted by Gasteiger charge is 2.06. The molecule has 9 heavy (non-hydrogen) atoms. The Kier molecular flexibility index (Phi) is 1.63. The van der Waals surface area contributed by atoms with Crippen LogP contribution in [0, 0.1) is 0 Å². The molecule has 0 bridgehead atoms. The van der Waals surface area contributed by atoms with Gasteiger partial charge in [-0.3, -0.25) is 0 Å². The molecule has 0 saturated heterocycles. The predicted octanol–water partition coefficient (Wildman–Crippen LogP) is 2.45. The van der Waals surface area contributed by atoms with Gasteiger partial charge in [0.2, 0.25) is 0 Å². The fourth-order valence-electron chi connectivity index (χ4n) is 0.663. The van der Waals surface area contributed by atoms with Gasteiger partial charge in [-0.1, -0.05) is 24.9 Å². The number of rotatable bonds is 0. The van der Waals surface area contributed by atoms with Crippen molar-refractivity contribution in [2.45, 2.75) is 0 Å². The Labute approximate surface area is 55.1 Å². The molecular formula is C7H10FP.